The van der Waals surface area contributed by atoms with Crippen molar-refractivity contribution in [3.63, 3.8) is 0 Å². The zero-order chi connectivity index (χ0) is 11.3. The van der Waals surface area contributed by atoms with Crippen LogP contribution in [0.15, 0.2) is 42.5 Å². The third-order valence-corrected chi connectivity index (χ3v) is 4.07. The van der Waals surface area contributed by atoms with E-state index < -0.39 is 0 Å². The summed E-state index contributed by atoms with van der Waals surface area (Å²) in [5.74, 6) is 0.513. The molecule has 1 heteroatoms. The molecule has 0 spiro atoms. The summed E-state index contributed by atoms with van der Waals surface area (Å²) in [4.78, 5) is 0. The van der Waals surface area contributed by atoms with Crippen LogP contribution in [0.2, 0.25) is 0 Å². The van der Waals surface area contributed by atoms with Gasteiger partial charge in [0.2, 0.25) is 0 Å². The molecule has 0 aromatic heterocycles. The Morgan fingerprint density at radius 2 is 1.62 bits per heavy atom. The van der Waals surface area contributed by atoms with Crippen LogP contribution >= 0.6 is 0 Å². The molecular weight excluding hydrogens is 194 g/mol. The van der Waals surface area contributed by atoms with Crippen LogP contribution in [0.25, 0.3) is 10.8 Å². The van der Waals surface area contributed by atoms with E-state index in [0.717, 1.165) is 0 Å². The van der Waals surface area contributed by atoms with E-state index in [1.807, 2.05) is 0 Å². The maximum Gasteiger partial charge on any atom is 0.0172 e. The molecule has 2 aromatic rings. The summed E-state index contributed by atoms with van der Waals surface area (Å²) in [7, 11) is 0. The Hall–Kier alpha value is -1.34. The van der Waals surface area contributed by atoms with Gasteiger partial charge in [0.05, 0.1) is 0 Å². The van der Waals surface area contributed by atoms with Gasteiger partial charge in [-0.25, -0.2) is 0 Å². The molecule has 2 N–H and O–H groups in total. The van der Waals surface area contributed by atoms with Gasteiger partial charge in [0.1, 0.15) is 0 Å². The fourth-order valence-corrected chi connectivity index (χ4v) is 2.79. The van der Waals surface area contributed by atoms with Crippen LogP contribution < -0.4 is 5.73 Å². The SMILES string of the molecule is CC1(C)[C@H](N)[C@H]1c1cccc2ccccc12. The Morgan fingerprint density at radius 3 is 2.31 bits per heavy atom. The monoisotopic (exact) mass is 211 g/mol. The second kappa shape index (κ2) is 3.08. The van der Waals surface area contributed by atoms with Gasteiger partial charge in [0, 0.05) is 12.0 Å². The van der Waals surface area contributed by atoms with Gasteiger partial charge in [-0.2, -0.15) is 0 Å². The van der Waals surface area contributed by atoms with Crippen LogP contribution in [0.1, 0.15) is 25.3 Å². The van der Waals surface area contributed by atoms with Gasteiger partial charge >= 0.3 is 0 Å². The molecule has 1 aliphatic rings. The first-order valence-electron chi connectivity index (χ1n) is 5.85. The molecule has 2 aromatic carbocycles. The molecule has 1 fully saturated rings. The molecule has 0 heterocycles. The molecule has 82 valence electrons. The maximum absolute atomic E-state index is 6.17. The maximum atomic E-state index is 6.17. The Kier molecular flexibility index (Phi) is 1.90. The highest BCUT2D eigenvalue weighted by atomic mass is 14.8. The van der Waals surface area contributed by atoms with Crippen molar-refractivity contribution in [1.82, 2.24) is 0 Å². The molecule has 1 aliphatic carbocycles. The van der Waals surface area contributed by atoms with Gasteiger partial charge in [-0.1, -0.05) is 56.3 Å². The van der Waals surface area contributed by atoms with Crippen LogP contribution in [0.5, 0.6) is 0 Å². The minimum Gasteiger partial charge on any atom is -0.327 e. The highest BCUT2D eigenvalue weighted by Gasteiger charge is 2.56. The summed E-state index contributed by atoms with van der Waals surface area (Å²) in [6.45, 7) is 4.51. The zero-order valence-corrected chi connectivity index (χ0v) is 9.77. The molecule has 0 aliphatic heterocycles. The van der Waals surface area contributed by atoms with E-state index in [4.69, 9.17) is 5.73 Å². The Morgan fingerprint density at radius 1 is 1.00 bits per heavy atom. The summed E-state index contributed by atoms with van der Waals surface area (Å²) in [6.07, 6.45) is 0. The Balaban J connectivity index is 2.19. The van der Waals surface area contributed by atoms with Crippen LogP contribution in [0.4, 0.5) is 0 Å². The van der Waals surface area contributed by atoms with Gasteiger partial charge < -0.3 is 5.73 Å². The van der Waals surface area contributed by atoms with Gasteiger partial charge in [-0.15, -0.1) is 0 Å². The van der Waals surface area contributed by atoms with Crippen LogP contribution in [-0.4, -0.2) is 6.04 Å². The highest BCUT2D eigenvalue weighted by Crippen LogP contribution is 2.58. The largest absolute Gasteiger partial charge is 0.327 e. The number of fused-ring (bicyclic) bond motifs is 1. The molecule has 0 bridgehead atoms. The summed E-state index contributed by atoms with van der Waals surface area (Å²) >= 11 is 0. The Labute approximate surface area is 96.3 Å². The molecule has 0 saturated heterocycles. The number of rotatable bonds is 1. The lowest BCUT2D eigenvalue weighted by molar-refractivity contribution is 0.600. The zero-order valence-electron chi connectivity index (χ0n) is 9.77. The molecule has 0 radical (unpaired) electrons. The van der Waals surface area contributed by atoms with Gasteiger partial charge in [0.25, 0.3) is 0 Å². The van der Waals surface area contributed by atoms with E-state index in [-0.39, 0.29) is 5.41 Å². The first-order chi connectivity index (χ1) is 7.62. The second-order valence-electron chi connectivity index (χ2n) is 5.39. The number of hydrogen-bond donors (Lipinski definition) is 1. The van der Waals surface area contributed by atoms with Gasteiger partial charge in [-0.3, -0.25) is 0 Å². The van der Waals surface area contributed by atoms with Crippen molar-refractivity contribution in [3.05, 3.63) is 48.0 Å². The van der Waals surface area contributed by atoms with Crippen molar-refractivity contribution in [2.45, 2.75) is 25.8 Å². The third kappa shape index (κ3) is 1.21. The average molecular weight is 211 g/mol. The minimum absolute atomic E-state index is 0.254. The highest BCUT2D eigenvalue weighted by molar-refractivity contribution is 5.86. The summed E-state index contributed by atoms with van der Waals surface area (Å²) in [6, 6.07) is 15.4. The molecule has 1 saturated carbocycles. The van der Waals surface area contributed by atoms with Crippen molar-refractivity contribution in [2.24, 2.45) is 11.1 Å². The van der Waals surface area contributed by atoms with Crippen LogP contribution in [-0.2, 0) is 0 Å². The van der Waals surface area contributed by atoms with E-state index in [1.54, 1.807) is 0 Å². The summed E-state index contributed by atoms with van der Waals surface area (Å²) in [5.41, 5.74) is 7.83. The second-order valence-corrected chi connectivity index (χ2v) is 5.39. The molecular formula is C15H17N. The van der Waals surface area contributed by atoms with Gasteiger partial charge in [0.15, 0.2) is 0 Å². The van der Waals surface area contributed by atoms with Crippen molar-refractivity contribution in [3.8, 4) is 0 Å². The average Bonchev–Trinajstić information content (AvgIpc) is 2.77. The van der Waals surface area contributed by atoms with E-state index in [1.165, 1.54) is 16.3 Å². The van der Waals surface area contributed by atoms with Crippen molar-refractivity contribution in [1.29, 1.82) is 0 Å². The fraction of sp³-hybridized carbons (Fsp3) is 0.333. The van der Waals surface area contributed by atoms with Gasteiger partial charge in [-0.05, 0) is 21.8 Å². The molecule has 3 rings (SSSR count). The predicted octanol–water partition coefficient (Wildman–Crippen LogP) is 3.29. The van der Waals surface area contributed by atoms with E-state index in [2.05, 4.69) is 56.3 Å². The number of nitrogens with two attached hydrogens (primary N) is 1. The number of hydrogen-bond acceptors (Lipinski definition) is 1. The lowest BCUT2D eigenvalue weighted by atomic mass is 9.97. The van der Waals surface area contributed by atoms with Crippen molar-refractivity contribution in [2.75, 3.05) is 0 Å². The van der Waals surface area contributed by atoms with E-state index in [9.17, 15) is 0 Å². The smallest absolute Gasteiger partial charge is 0.0172 e. The van der Waals surface area contributed by atoms with Crippen LogP contribution in [0.3, 0.4) is 0 Å². The summed E-state index contributed by atoms with van der Waals surface area (Å²) < 4.78 is 0. The molecule has 16 heavy (non-hydrogen) atoms. The molecule has 2 atom stereocenters. The predicted molar refractivity (Wildman–Crippen MR) is 68.4 cm³/mol. The standard InChI is InChI=1S/C15H17N/c1-15(2)13(14(15)16)12-9-5-7-10-6-3-4-8-11(10)12/h3-9,13-14H,16H2,1-2H3/t13-,14-/m1/s1. The lowest BCUT2D eigenvalue weighted by Gasteiger charge is -2.07. The van der Waals surface area contributed by atoms with E-state index >= 15 is 0 Å². The van der Waals surface area contributed by atoms with E-state index in [0.29, 0.717) is 12.0 Å². The normalized spacial score (nSPS) is 26.9. The lowest BCUT2D eigenvalue weighted by Crippen LogP contribution is -2.06. The van der Waals surface area contributed by atoms with Crippen molar-refractivity contribution < 1.29 is 0 Å². The van der Waals surface area contributed by atoms with Crippen LogP contribution in [0, 0.1) is 5.41 Å². The summed E-state index contributed by atoms with van der Waals surface area (Å²) in [5, 5.41) is 2.67. The minimum atomic E-state index is 0.254. The first-order valence-corrected chi connectivity index (χ1v) is 5.85. The molecule has 0 amide bonds. The number of benzene rings is 2. The fourth-order valence-electron chi connectivity index (χ4n) is 2.79. The quantitative estimate of drug-likeness (QED) is 0.769. The third-order valence-electron chi connectivity index (χ3n) is 4.07. The van der Waals surface area contributed by atoms with Crippen molar-refractivity contribution >= 4 is 10.8 Å². The Bertz CT molecular complexity index is 537. The molecule has 0 unspecified atom stereocenters. The topological polar surface area (TPSA) is 26.0 Å². The first kappa shape index (κ1) is 9.86. The molecule has 1 nitrogen and oxygen atoms in total.